The summed E-state index contributed by atoms with van der Waals surface area (Å²) in [5.74, 6) is 6.23. The molecule has 0 aliphatic heterocycles. The minimum Gasteiger partial charge on any atom is -0.205 e. The van der Waals surface area contributed by atoms with Crippen LogP contribution in [-0.4, -0.2) is 0 Å². The molecule has 66 valence electrons. The molecular formula is C11H8ClF. The third-order valence-corrected chi connectivity index (χ3v) is 2.21. The van der Waals surface area contributed by atoms with Crippen molar-refractivity contribution in [2.24, 2.45) is 5.92 Å². The lowest BCUT2D eigenvalue weighted by Crippen LogP contribution is -1.79. The molecule has 0 atom stereocenters. The lowest BCUT2D eigenvalue weighted by atomic mass is 10.2. The van der Waals surface area contributed by atoms with Crippen molar-refractivity contribution in [3.8, 4) is 11.8 Å². The molecule has 1 aromatic rings. The zero-order valence-corrected chi connectivity index (χ0v) is 7.74. The fourth-order valence-electron chi connectivity index (χ4n) is 0.987. The molecular weight excluding hydrogens is 187 g/mol. The topological polar surface area (TPSA) is 0 Å². The summed E-state index contributed by atoms with van der Waals surface area (Å²) in [5, 5.41) is 0.141. The van der Waals surface area contributed by atoms with E-state index in [2.05, 4.69) is 11.8 Å². The second kappa shape index (κ2) is 3.40. The molecule has 0 aromatic heterocycles. The predicted octanol–water partition coefficient (Wildman–Crippen LogP) is 3.24. The van der Waals surface area contributed by atoms with Crippen LogP contribution in [0, 0.1) is 23.6 Å². The molecule has 1 aromatic carbocycles. The van der Waals surface area contributed by atoms with Crippen LogP contribution in [0.2, 0.25) is 5.02 Å². The fourth-order valence-corrected chi connectivity index (χ4v) is 1.17. The zero-order valence-electron chi connectivity index (χ0n) is 6.98. The van der Waals surface area contributed by atoms with Crippen molar-refractivity contribution < 1.29 is 4.39 Å². The van der Waals surface area contributed by atoms with Gasteiger partial charge < -0.3 is 0 Å². The number of halogens is 2. The van der Waals surface area contributed by atoms with Gasteiger partial charge in [-0.2, -0.15) is 0 Å². The summed E-state index contributed by atoms with van der Waals surface area (Å²) in [5.41, 5.74) is 0.790. The van der Waals surface area contributed by atoms with Gasteiger partial charge >= 0.3 is 0 Å². The Hall–Kier alpha value is -1.00. The molecule has 0 saturated heterocycles. The van der Waals surface area contributed by atoms with Crippen LogP contribution in [0.3, 0.4) is 0 Å². The molecule has 1 aliphatic carbocycles. The predicted molar refractivity (Wildman–Crippen MR) is 51.0 cm³/mol. The van der Waals surface area contributed by atoms with E-state index >= 15 is 0 Å². The number of hydrogen-bond donors (Lipinski definition) is 0. The van der Waals surface area contributed by atoms with E-state index in [-0.39, 0.29) is 5.02 Å². The fraction of sp³-hybridized carbons (Fsp3) is 0.273. The van der Waals surface area contributed by atoms with Crippen LogP contribution in [0.25, 0.3) is 0 Å². The SMILES string of the molecule is Fc1ccc(C#CC2CC2)cc1Cl. The first-order valence-corrected chi connectivity index (χ1v) is 4.60. The maximum atomic E-state index is 12.7. The summed E-state index contributed by atoms with van der Waals surface area (Å²) in [4.78, 5) is 0. The van der Waals surface area contributed by atoms with Gasteiger partial charge in [0.1, 0.15) is 5.82 Å². The second-order valence-corrected chi connectivity index (χ2v) is 3.58. The lowest BCUT2D eigenvalue weighted by Gasteiger charge is -1.93. The molecule has 0 bridgehead atoms. The smallest absolute Gasteiger partial charge is 0.141 e. The Morgan fingerprint density at radius 2 is 2.15 bits per heavy atom. The Labute approximate surface area is 81.7 Å². The van der Waals surface area contributed by atoms with Crippen molar-refractivity contribution in [3.05, 3.63) is 34.6 Å². The van der Waals surface area contributed by atoms with E-state index in [0.717, 1.165) is 5.56 Å². The Morgan fingerprint density at radius 3 is 2.77 bits per heavy atom. The summed E-state index contributed by atoms with van der Waals surface area (Å²) < 4.78 is 12.7. The normalized spacial score (nSPS) is 14.9. The highest BCUT2D eigenvalue weighted by molar-refractivity contribution is 6.30. The number of rotatable bonds is 0. The first-order valence-electron chi connectivity index (χ1n) is 4.22. The van der Waals surface area contributed by atoms with Gasteiger partial charge in [-0.3, -0.25) is 0 Å². The van der Waals surface area contributed by atoms with Gasteiger partial charge in [-0.15, -0.1) is 0 Å². The van der Waals surface area contributed by atoms with Crippen molar-refractivity contribution in [1.82, 2.24) is 0 Å². The van der Waals surface area contributed by atoms with Crippen LogP contribution in [0.4, 0.5) is 4.39 Å². The molecule has 2 heteroatoms. The monoisotopic (exact) mass is 194 g/mol. The van der Waals surface area contributed by atoms with Gasteiger partial charge in [-0.25, -0.2) is 4.39 Å². The van der Waals surface area contributed by atoms with Crippen LogP contribution in [-0.2, 0) is 0 Å². The molecule has 0 amide bonds. The number of benzene rings is 1. The van der Waals surface area contributed by atoms with Crippen LogP contribution in [0.1, 0.15) is 18.4 Å². The molecule has 1 aliphatic rings. The Bertz CT molecular complexity index is 383. The molecule has 2 rings (SSSR count). The zero-order chi connectivity index (χ0) is 9.26. The Balaban J connectivity index is 2.22. The summed E-state index contributed by atoms with van der Waals surface area (Å²) in [6.07, 6.45) is 2.39. The first kappa shape index (κ1) is 8.59. The van der Waals surface area contributed by atoms with Crippen LogP contribution in [0.5, 0.6) is 0 Å². The van der Waals surface area contributed by atoms with Crippen molar-refractivity contribution in [3.63, 3.8) is 0 Å². The third-order valence-electron chi connectivity index (χ3n) is 1.92. The second-order valence-electron chi connectivity index (χ2n) is 3.17. The Kier molecular flexibility index (Phi) is 2.24. The first-order chi connectivity index (χ1) is 6.25. The molecule has 0 unspecified atom stereocenters. The molecule has 13 heavy (non-hydrogen) atoms. The largest absolute Gasteiger partial charge is 0.205 e. The quantitative estimate of drug-likeness (QED) is 0.557. The van der Waals surface area contributed by atoms with E-state index in [1.807, 2.05) is 0 Å². The van der Waals surface area contributed by atoms with Gasteiger partial charge in [-0.1, -0.05) is 23.4 Å². The van der Waals surface area contributed by atoms with Crippen molar-refractivity contribution >= 4 is 11.6 Å². The van der Waals surface area contributed by atoms with Crippen molar-refractivity contribution in [1.29, 1.82) is 0 Å². The van der Waals surface area contributed by atoms with Gasteiger partial charge in [0.25, 0.3) is 0 Å². The minimum absolute atomic E-state index is 0.141. The van der Waals surface area contributed by atoms with Gasteiger partial charge in [0.2, 0.25) is 0 Å². The average molecular weight is 195 g/mol. The summed E-state index contributed by atoms with van der Waals surface area (Å²) >= 11 is 5.60. The van der Waals surface area contributed by atoms with Gasteiger partial charge in [0, 0.05) is 11.5 Å². The third kappa shape index (κ3) is 2.23. The van der Waals surface area contributed by atoms with Crippen LogP contribution in [0.15, 0.2) is 18.2 Å². The molecule has 1 saturated carbocycles. The van der Waals surface area contributed by atoms with Gasteiger partial charge in [0.15, 0.2) is 0 Å². The molecule has 0 spiro atoms. The van der Waals surface area contributed by atoms with Crippen molar-refractivity contribution in [2.45, 2.75) is 12.8 Å². The molecule has 0 N–H and O–H groups in total. The van der Waals surface area contributed by atoms with E-state index in [1.54, 1.807) is 12.1 Å². The summed E-state index contributed by atoms with van der Waals surface area (Å²) in [6.45, 7) is 0. The minimum atomic E-state index is -0.390. The van der Waals surface area contributed by atoms with E-state index < -0.39 is 5.82 Å². The maximum absolute atomic E-state index is 12.7. The van der Waals surface area contributed by atoms with E-state index in [1.165, 1.54) is 18.9 Å². The van der Waals surface area contributed by atoms with Gasteiger partial charge in [0.05, 0.1) is 5.02 Å². The van der Waals surface area contributed by atoms with Gasteiger partial charge in [-0.05, 0) is 31.0 Å². The molecule has 0 heterocycles. The Morgan fingerprint density at radius 1 is 1.38 bits per heavy atom. The average Bonchev–Trinajstić information content (AvgIpc) is 2.91. The molecule has 0 radical (unpaired) electrons. The van der Waals surface area contributed by atoms with Crippen molar-refractivity contribution in [2.75, 3.05) is 0 Å². The van der Waals surface area contributed by atoms with Crippen LogP contribution < -0.4 is 0 Å². The molecule has 1 fully saturated rings. The highest BCUT2D eigenvalue weighted by Gasteiger charge is 2.17. The van der Waals surface area contributed by atoms with E-state index in [0.29, 0.717) is 5.92 Å². The highest BCUT2D eigenvalue weighted by Crippen LogP contribution is 2.27. The lowest BCUT2D eigenvalue weighted by molar-refractivity contribution is 0.628. The highest BCUT2D eigenvalue weighted by atomic mass is 35.5. The number of hydrogen-bond acceptors (Lipinski definition) is 0. The van der Waals surface area contributed by atoms with Crippen LogP contribution >= 0.6 is 11.6 Å². The standard InChI is InChI=1S/C11H8ClF/c12-10-7-9(5-6-11(10)13)4-3-8-1-2-8/h5-8H,1-2H2. The summed E-state index contributed by atoms with van der Waals surface area (Å²) in [6, 6.07) is 4.56. The van der Waals surface area contributed by atoms with E-state index in [9.17, 15) is 4.39 Å². The summed E-state index contributed by atoms with van der Waals surface area (Å²) in [7, 11) is 0. The van der Waals surface area contributed by atoms with E-state index in [4.69, 9.17) is 11.6 Å². The molecule has 0 nitrogen and oxygen atoms in total. The maximum Gasteiger partial charge on any atom is 0.141 e.